The lowest BCUT2D eigenvalue weighted by molar-refractivity contribution is -0.138. The molecule has 4 rings (SSSR count). The van der Waals surface area contributed by atoms with Crippen molar-refractivity contribution >= 4 is 23.4 Å². The van der Waals surface area contributed by atoms with Crippen molar-refractivity contribution in [2.75, 3.05) is 38.1 Å². The molecule has 0 radical (unpaired) electrons. The van der Waals surface area contributed by atoms with Crippen LogP contribution in [0.5, 0.6) is 0 Å². The number of aromatic nitrogens is 4. The number of hydrogen-bond acceptors (Lipinski definition) is 6. The van der Waals surface area contributed by atoms with E-state index in [0.29, 0.717) is 25.3 Å². The van der Waals surface area contributed by atoms with Crippen molar-refractivity contribution in [3.63, 3.8) is 0 Å². The fourth-order valence-electron chi connectivity index (χ4n) is 3.87. The smallest absolute Gasteiger partial charge is 0.256 e. The minimum absolute atomic E-state index is 0.0405. The second-order valence-corrected chi connectivity index (χ2v) is 7.48. The number of carbonyl (C=O) groups is 2. The van der Waals surface area contributed by atoms with Crippen molar-refractivity contribution in [2.24, 2.45) is 5.92 Å². The van der Waals surface area contributed by atoms with Crippen LogP contribution in [0.3, 0.4) is 0 Å². The van der Waals surface area contributed by atoms with Gasteiger partial charge in [-0.05, 0) is 19.9 Å². The van der Waals surface area contributed by atoms with Crippen molar-refractivity contribution in [3.8, 4) is 0 Å². The average molecular weight is 357 g/mol. The molecule has 9 heteroatoms. The first-order valence-electron chi connectivity index (χ1n) is 8.84. The van der Waals surface area contributed by atoms with Crippen molar-refractivity contribution < 1.29 is 9.59 Å². The van der Waals surface area contributed by atoms with E-state index in [1.165, 1.54) is 0 Å². The topological polar surface area (TPSA) is 86.9 Å². The minimum atomic E-state index is -0.439. The predicted octanol–water partition coefficient (Wildman–Crippen LogP) is 0.0298. The first-order valence-corrected chi connectivity index (χ1v) is 8.84. The molecule has 0 aromatic carbocycles. The largest absolute Gasteiger partial charge is 0.354 e. The summed E-state index contributed by atoms with van der Waals surface area (Å²) in [6, 6.07) is 1.93. The molecule has 0 N–H and O–H groups in total. The molecule has 2 amide bonds. The molecule has 0 bridgehead atoms. The molecule has 0 aliphatic carbocycles. The number of carbonyl (C=O) groups excluding carboxylic acids is 2. The Balaban J connectivity index is 1.46. The molecule has 2 saturated heterocycles. The molecular weight excluding hydrogens is 334 g/mol. The first kappa shape index (κ1) is 16.7. The normalized spacial score (nSPS) is 23.1. The quantitative estimate of drug-likeness (QED) is 0.754. The molecule has 0 spiro atoms. The summed E-state index contributed by atoms with van der Waals surface area (Å²) in [4.78, 5) is 35.0. The maximum absolute atomic E-state index is 13.0. The first-order chi connectivity index (χ1) is 12.4. The lowest BCUT2D eigenvalue weighted by Crippen LogP contribution is -2.54. The molecule has 26 heavy (non-hydrogen) atoms. The van der Waals surface area contributed by atoms with E-state index in [1.54, 1.807) is 24.5 Å². The highest BCUT2D eigenvalue weighted by Crippen LogP contribution is 2.35. The SMILES string of the molecule is CN1C(=O)C[C@H](C(=O)N2CCN(c3ccnc4nncn34)CC2)C1(C)C. The van der Waals surface area contributed by atoms with Gasteiger partial charge in [-0.15, -0.1) is 10.2 Å². The van der Waals surface area contributed by atoms with E-state index in [0.717, 1.165) is 18.9 Å². The van der Waals surface area contributed by atoms with Gasteiger partial charge in [-0.2, -0.15) is 0 Å². The summed E-state index contributed by atoms with van der Waals surface area (Å²) >= 11 is 0. The van der Waals surface area contributed by atoms with Crippen LogP contribution in [0.4, 0.5) is 5.82 Å². The highest BCUT2D eigenvalue weighted by atomic mass is 16.2. The van der Waals surface area contributed by atoms with Gasteiger partial charge >= 0.3 is 0 Å². The van der Waals surface area contributed by atoms with Gasteiger partial charge in [0.25, 0.3) is 5.78 Å². The van der Waals surface area contributed by atoms with Crippen molar-refractivity contribution in [1.29, 1.82) is 0 Å². The number of rotatable bonds is 2. The number of nitrogens with zero attached hydrogens (tertiary/aromatic N) is 7. The number of amides is 2. The van der Waals surface area contributed by atoms with Crippen LogP contribution in [0.2, 0.25) is 0 Å². The van der Waals surface area contributed by atoms with Crippen molar-refractivity contribution in [2.45, 2.75) is 25.8 Å². The maximum Gasteiger partial charge on any atom is 0.256 e. The highest BCUT2D eigenvalue weighted by Gasteiger charge is 2.49. The third kappa shape index (κ3) is 2.49. The Morgan fingerprint density at radius 2 is 1.96 bits per heavy atom. The Bertz CT molecular complexity index is 854. The Morgan fingerprint density at radius 1 is 1.23 bits per heavy atom. The molecule has 1 atom stereocenters. The molecule has 0 saturated carbocycles. The molecule has 4 heterocycles. The number of anilines is 1. The van der Waals surface area contributed by atoms with Gasteiger partial charge < -0.3 is 14.7 Å². The molecular formula is C17H23N7O2. The minimum Gasteiger partial charge on any atom is -0.354 e. The van der Waals surface area contributed by atoms with E-state index in [-0.39, 0.29) is 17.7 Å². The van der Waals surface area contributed by atoms with E-state index in [9.17, 15) is 9.59 Å². The number of piperazine rings is 1. The molecule has 2 aliphatic rings. The lowest BCUT2D eigenvalue weighted by atomic mass is 9.87. The summed E-state index contributed by atoms with van der Waals surface area (Å²) in [7, 11) is 1.78. The fraction of sp³-hybridized carbons (Fsp3) is 0.588. The van der Waals surface area contributed by atoms with E-state index >= 15 is 0 Å². The summed E-state index contributed by atoms with van der Waals surface area (Å²) in [6.07, 6.45) is 3.67. The van der Waals surface area contributed by atoms with E-state index < -0.39 is 5.54 Å². The summed E-state index contributed by atoms with van der Waals surface area (Å²) < 4.78 is 1.85. The standard InChI is InChI=1S/C17H23N7O2/c1-17(2)12(10-14(25)21(17)3)15(26)23-8-6-22(7-9-23)13-4-5-18-16-20-19-11-24(13)16/h4-5,11-12H,6-10H2,1-3H3/t12-/m1/s1. The fourth-order valence-corrected chi connectivity index (χ4v) is 3.87. The van der Waals surface area contributed by atoms with E-state index in [1.807, 2.05) is 29.2 Å². The number of likely N-dealkylation sites (tertiary alicyclic amines) is 1. The van der Waals surface area contributed by atoms with Crippen LogP contribution in [0, 0.1) is 5.92 Å². The van der Waals surface area contributed by atoms with Gasteiger partial charge in [-0.25, -0.2) is 4.98 Å². The zero-order valence-corrected chi connectivity index (χ0v) is 15.3. The molecule has 2 aliphatic heterocycles. The molecule has 9 nitrogen and oxygen atoms in total. The van der Waals surface area contributed by atoms with Crippen molar-refractivity contribution in [1.82, 2.24) is 29.4 Å². The zero-order valence-electron chi connectivity index (χ0n) is 15.3. The summed E-state index contributed by atoms with van der Waals surface area (Å²) in [6.45, 7) is 6.65. The second kappa shape index (κ2) is 5.93. The van der Waals surface area contributed by atoms with Crippen LogP contribution < -0.4 is 4.90 Å². The molecule has 2 aromatic heterocycles. The number of fused-ring (bicyclic) bond motifs is 1. The Hall–Kier alpha value is -2.71. The second-order valence-electron chi connectivity index (χ2n) is 7.48. The third-order valence-corrected chi connectivity index (χ3v) is 5.87. The lowest BCUT2D eigenvalue weighted by Gasteiger charge is -2.39. The molecule has 2 fully saturated rings. The summed E-state index contributed by atoms with van der Waals surface area (Å²) in [5, 5.41) is 7.88. The van der Waals surface area contributed by atoms with Gasteiger partial charge in [0, 0.05) is 51.4 Å². The van der Waals surface area contributed by atoms with Crippen molar-refractivity contribution in [3.05, 3.63) is 18.6 Å². The van der Waals surface area contributed by atoms with Crippen LogP contribution in [0.25, 0.3) is 5.78 Å². The van der Waals surface area contributed by atoms with Crippen LogP contribution in [0.15, 0.2) is 18.6 Å². The Labute approximate surface area is 151 Å². The van der Waals surface area contributed by atoms with Gasteiger partial charge in [0.1, 0.15) is 12.1 Å². The third-order valence-electron chi connectivity index (χ3n) is 5.87. The van der Waals surface area contributed by atoms with Crippen LogP contribution in [-0.2, 0) is 9.59 Å². The van der Waals surface area contributed by atoms with Gasteiger partial charge in [-0.3, -0.25) is 14.0 Å². The molecule has 0 unspecified atom stereocenters. The van der Waals surface area contributed by atoms with Gasteiger partial charge in [0.05, 0.1) is 5.92 Å². The Morgan fingerprint density at radius 3 is 2.62 bits per heavy atom. The predicted molar refractivity (Wildman–Crippen MR) is 94.5 cm³/mol. The monoisotopic (exact) mass is 357 g/mol. The zero-order chi connectivity index (χ0) is 18.5. The van der Waals surface area contributed by atoms with Gasteiger partial charge in [-0.1, -0.05) is 0 Å². The summed E-state index contributed by atoms with van der Waals surface area (Å²) in [5.41, 5.74) is -0.439. The summed E-state index contributed by atoms with van der Waals surface area (Å²) in [5.74, 6) is 1.38. The van der Waals surface area contributed by atoms with Crippen LogP contribution in [-0.4, -0.2) is 80.0 Å². The number of hydrogen-bond donors (Lipinski definition) is 0. The Kier molecular flexibility index (Phi) is 3.82. The van der Waals surface area contributed by atoms with Gasteiger partial charge in [0.2, 0.25) is 11.8 Å². The van der Waals surface area contributed by atoms with E-state index in [2.05, 4.69) is 20.1 Å². The van der Waals surface area contributed by atoms with Gasteiger partial charge in [0.15, 0.2) is 0 Å². The van der Waals surface area contributed by atoms with E-state index in [4.69, 9.17) is 0 Å². The van der Waals surface area contributed by atoms with Crippen LogP contribution in [0.1, 0.15) is 20.3 Å². The average Bonchev–Trinajstić information content (AvgIpc) is 3.20. The highest BCUT2D eigenvalue weighted by molar-refractivity contribution is 5.91. The molecule has 2 aromatic rings. The maximum atomic E-state index is 13.0. The molecule has 138 valence electrons. The van der Waals surface area contributed by atoms with Crippen LogP contribution >= 0.6 is 0 Å².